The molecule has 0 aliphatic heterocycles. The lowest BCUT2D eigenvalue weighted by Crippen LogP contribution is -2.37. The fraction of sp³-hybridized carbons (Fsp3) is 0.636. The maximum atomic E-state index is 9.54. The lowest BCUT2D eigenvalue weighted by Gasteiger charge is -2.26. The Morgan fingerprint density at radius 2 is 2.21 bits per heavy atom. The van der Waals surface area contributed by atoms with Gasteiger partial charge < -0.3 is 15.2 Å². The zero-order valence-electron chi connectivity index (χ0n) is 9.08. The van der Waals surface area contributed by atoms with Gasteiger partial charge in [0.2, 0.25) is 6.41 Å². The number of hydrogen-bond acceptors (Lipinski definition) is 3. The summed E-state index contributed by atoms with van der Waals surface area (Å²) in [6.07, 6.45) is 7.06. The van der Waals surface area contributed by atoms with Crippen molar-refractivity contribution in [3.8, 4) is 0 Å². The first-order chi connectivity index (χ1) is 6.47. The summed E-state index contributed by atoms with van der Waals surface area (Å²) in [4.78, 5) is 0. The molecule has 0 spiro atoms. The van der Waals surface area contributed by atoms with E-state index in [9.17, 15) is 5.11 Å². The van der Waals surface area contributed by atoms with E-state index in [1.165, 1.54) is 0 Å². The Bertz CT molecular complexity index is 238. The largest absolute Gasteiger partial charge is 0.351 e. The van der Waals surface area contributed by atoms with E-state index in [1.54, 1.807) is 0 Å². The highest BCUT2D eigenvalue weighted by molar-refractivity contribution is 5.16. The minimum atomic E-state index is -0.923. The molecule has 0 amide bonds. The van der Waals surface area contributed by atoms with Crippen molar-refractivity contribution >= 4 is 0 Å². The summed E-state index contributed by atoms with van der Waals surface area (Å²) in [5, 5.41) is 12.5. The van der Waals surface area contributed by atoms with Crippen LogP contribution in [0, 0.1) is 0 Å². The van der Waals surface area contributed by atoms with Crippen molar-refractivity contribution in [1.29, 1.82) is 0 Å². The first kappa shape index (κ1) is 11.3. The number of aliphatic hydroxyl groups excluding tert-OH is 1. The van der Waals surface area contributed by atoms with Gasteiger partial charge in [-0.05, 0) is 39.7 Å². The van der Waals surface area contributed by atoms with E-state index in [0.29, 0.717) is 0 Å². The molecule has 0 heterocycles. The Hall–Kier alpha value is -0.800. The Kier molecular flexibility index (Phi) is 3.72. The molecule has 14 heavy (non-hydrogen) atoms. The Morgan fingerprint density at radius 3 is 2.71 bits per heavy atom. The Balaban J connectivity index is 2.36. The smallest absolute Gasteiger partial charge is 0.235 e. The number of allylic oxidation sites excluding steroid dienone is 4. The van der Waals surface area contributed by atoms with Gasteiger partial charge in [-0.25, -0.2) is 0 Å². The van der Waals surface area contributed by atoms with Crippen molar-refractivity contribution in [2.75, 3.05) is 0 Å². The van der Waals surface area contributed by atoms with Crippen molar-refractivity contribution in [1.82, 2.24) is 5.32 Å². The zero-order chi connectivity index (χ0) is 10.6. The van der Waals surface area contributed by atoms with Crippen LogP contribution in [0.4, 0.5) is 0 Å². The van der Waals surface area contributed by atoms with Gasteiger partial charge in [0, 0.05) is 5.70 Å². The van der Waals surface area contributed by atoms with Crippen molar-refractivity contribution < 1.29 is 9.84 Å². The molecule has 0 bridgehead atoms. The number of hydrogen-bond donors (Lipinski definition) is 2. The highest BCUT2D eigenvalue weighted by atomic mass is 16.6. The summed E-state index contributed by atoms with van der Waals surface area (Å²) in [6, 6.07) is 0. The van der Waals surface area contributed by atoms with Gasteiger partial charge in [0.15, 0.2) is 0 Å². The predicted octanol–water partition coefficient (Wildman–Crippen LogP) is 1.90. The van der Waals surface area contributed by atoms with Gasteiger partial charge in [-0.2, -0.15) is 0 Å². The fourth-order valence-corrected chi connectivity index (χ4v) is 1.25. The van der Waals surface area contributed by atoms with E-state index >= 15 is 0 Å². The molecule has 1 rings (SSSR count). The second-order valence-corrected chi connectivity index (χ2v) is 4.39. The SMILES string of the molecule is CC(C)(C)OC(O)NC1=CC=CCC1. The third-order valence-corrected chi connectivity index (χ3v) is 1.79. The normalized spacial score (nSPS) is 19.0. The molecule has 0 aromatic carbocycles. The molecule has 0 aromatic heterocycles. The van der Waals surface area contributed by atoms with Gasteiger partial charge >= 0.3 is 0 Å². The van der Waals surface area contributed by atoms with Crippen molar-refractivity contribution in [2.24, 2.45) is 0 Å². The molecule has 1 aliphatic carbocycles. The predicted molar refractivity (Wildman–Crippen MR) is 56.4 cm³/mol. The average Bonchev–Trinajstić information content (AvgIpc) is 2.02. The molecule has 2 N–H and O–H groups in total. The van der Waals surface area contributed by atoms with E-state index < -0.39 is 6.41 Å². The van der Waals surface area contributed by atoms with E-state index in [-0.39, 0.29) is 5.60 Å². The molecule has 1 atom stereocenters. The number of aliphatic hydroxyl groups is 1. The first-order valence-corrected chi connectivity index (χ1v) is 4.95. The summed E-state index contributed by atoms with van der Waals surface area (Å²) in [7, 11) is 0. The molecule has 0 saturated carbocycles. The quantitative estimate of drug-likeness (QED) is 0.679. The monoisotopic (exact) mass is 197 g/mol. The van der Waals surface area contributed by atoms with Crippen molar-refractivity contribution in [3.05, 3.63) is 23.9 Å². The highest BCUT2D eigenvalue weighted by Crippen LogP contribution is 2.12. The molecule has 3 heteroatoms. The average molecular weight is 197 g/mol. The van der Waals surface area contributed by atoms with Crippen LogP contribution in [-0.4, -0.2) is 17.1 Å². The van der Waals surface area contributed by atoms with Gasteiger partial charge in [0.1, 0.15) is 0 Å². The third-order valence-electron chi connectivity index (χ3n) is 1.79. The van der Waals surface area contributed by atoms with E-state index in [1.807, 2.05) is 32.9 Å². The Labute approximate surface area is 85.5 Å². The van der Waals surface area contributed by atoms with Gasteiger partial charge in [0.05, 0.1) is 5.60 Å². The molecule has 0 saturated heterocycles. The van der Waals surface area contributed by atoms with Crippen molar-refractivity contribution in [3.63, 3.8) is 0 Å². The maximum absolute atomic E-state index is 9.54. The van der Waals surface area contributed by atoms with Crippen LogP contribution in [0.15, 0.2) is 23.9 Å². The van der Waals surface area contributed by atoms with Crippen LogP contribution in [0.1, 0.15) is 33.6 Å². The molecule has 1 aliphatic rings. The van der Waals surface area contributed by atoms with Crippen LogP contribution < -0.4 is 5.32 Å². The lowest BCUT2D eigenvalue weighted by molar-refractivity contribution is -0.177. The molecule has 0 aromatic rings. The van der Waals surface area contributed by atoms with E-state index in [0.717, 1.165) is 18.5 Å². The highest BCUT2D eigenvalue weighted by Gasteiger charge is 2.16. The van der Waals surface area contributed by atoms with Crippen LogP contribution in [-0.2, 0) is 4.74 Å². The summed E-state index contributed by atoms with van der Waals surface area (Å²) in [6.45, 7) is 5.73. The maximum Gasteiger partial charge on any atom is 0.235 e. The van der Waals surface area contributed by atoms with Crippen molar-refractivity contribution in [2.45, 2.75) is 45.6 Å². The summed E-state index contributed by atoms with van der Waals surface area (Å²) >= 11 is 0. The third kappa shape index (κ3) is 4.44. The van der Waals surface area contributed by atoms with Gasteiger partial charge in [-0.15, -0.1) is 0 Å². The van der Waals surface area contributed by atoms with E-state index in [2.05, 4.69) is 11.4 Å². The first-order valence-electron chi connectivity index (χ1n) is 4.95. The molecular formula is C11H19NO2. The van der Waals surface area contributed by atoms with Gasteiger partial charge in [0.25, 0.3) is 0 Å². The molecular weight excluding hydrogens is 178 g/mol. The number of nitrogens with one attached hydrogen (secondary N) is 1. The minimum absolute atomic E-state index is 0.336. The lowest BCUT2D eigenvalue weighted by atomic mass is 10.1. The topological polar surface area (TPSA) is 41.5 Å². The molecule has 1 unspecified atom stereocenters. The second-order valence-electron chi connectivity index (χ2n) is 4.39. The number of ether oxygens (including phenoxy) is 1. The Morgan fingerprint density at radius 1 is 1.50 bits per heavy atom. The van der Waals surface area contributed by atoms with Crippen LogP contribution >= 0.6 is 0 Å². The molecule has 0 fully saturated rings. The summed E-state index contributed by atoms with van der Waals surface area (Å²) in [5.41, 5.74) is 0.682. The summed E-state index contributed by atoms with van der Waals surface area (Å²) in [5.74, 6) is 0. The van der Waals surface area contributed by atoms with E-state index in [4.69, 9.17) is 4.74 Å². The molecule has 80 valence electrons. The van der Waals surface area contributed by atoms with Gasteiger partial charge in [-0.1, -0.05) is 12.2 Å². The second kappa shape index (κ2) is 4.62. The molecule has 3 nitrogen and oxygen atoms in total. The van der Waals surface area contributed by atoms with Gasteiger partial charge in [-0.3, -0.25) is 0 Å². The zero-order valence-corrected chi connectivity index (χ0v) is 9.08. The van der Waals surface area contributed by atoms with Crippen LogP contribution in [0.2, 0.25) is 0 Å². The fourth-order valence-electron chi connectivity index (χ4n) is 1.25. The van der Waals surface area contributed by atoms with Crippen LogP contribution in [0.3, 0.4) is 0 Å². The number of rotatable bonds is 3. The standard InChI is InChI=1S/C11H19NO2/c1-11(2,3)14-10(13)12-9-7-5-4-6-8-9/h4-5,7,10,12-13H,6,8H2,1-3H3. The van der Waals surface area contributed by atoms with Crippen LogP contribution in [0.25, 0.3) is 0 Å². The van der Waals surface area contributed by atoms with Crippen LogP contribution in [0.5, 0.6) is 0 Å². The minimum Gasteiger partial charge on any atom is -0.351 e. The summed E-state index contributed by atoms with van der Waals surface area (Å²) < 4.78 is 5.32. The molecule has 0 radical (unpaired) electrons.